The minimum atomic E-state index is -1.40. The molecule has 1 N–H and O–H groups in total. The Morgan fingerprint density at radius 3 is 2.65 bits per heavy atom. The third kappa shape index (κ3) is 5.67. The number of hydrogen-bond acceptors (Lipinski definition) is 2. The fourth-order valence-corrected chi connectivity index (χ4v) is 3.17. The molecule has 114 valence electrons. The zero-order valence-electron chi connectivity index (χ0n) is 12.1. The van der Waals surface area contributed by atoms with Crippen LogP contribution in [0.1, 0.15) is 39.5 Å². The number of benzene rings is 1. The first-order valence-electron chi connectivity index (χ1n) is 7.15. The molecule has 5 heteroatoms. The van der Waals surface area contributed by atoms with Crippen LogP contribution < -0.4 is 5.32 Å². The van der Waals surface area contributed by atoms with Gasteiger partial charge in [-0.05, 0) is 44.4 Å². The van der Waals surface area contributed by atoms with Crippen molar-refractivity contribution >= 4 is 10.8 Å². The highest BCUT2D eigenvalue weighted by Crippen LogP contribution is 2.15. The summed E-state index contributed by atoms with van der Waals surface area (Å²) in [5.41, 5.74) is 0. The summed E-state index contributed by atoms with van der Waals surface area (Å²) < 4.78 is 38.2. The maximum atomic E-state index is 13.5. The topological polar surface area (TPSA) is 29.1 Å². The Hall–Kier alpha value is -0.810. The lowest BCUT2D eigenvalue weighted by molar-refractivity contribution is 0.464. The molecular formula is C15H23F2NOS. The molecular weight excluding hydrogens is 280 g/mol. The summed E-state index contributed by atoms with van der Waals surface area (Å²) in [6.07, 6.45) is 3.80. The molecule has 0 amide bonds. The van der Waals surface area contributed by atoms with E-state index < -0.39 is 22.4 Å². The third-order valence-corrected chi connectivity index (χ3v) is 4.68. The Bertz CT molecular complexity index is 440. The predicted octanol–water partition coefficient (Wildman–Crippen LogP) is 3.63. The van der Waals surface area contributed by atoms with E-state index in [1.165, 1.54) is 6.07 Å². The molecule has 0 aliphatic carbocycles. The molecule has 0 aliphatic rings. The van der Waals surface area contributed by atoms with E-state index in [1.807, 2.05) is 0 Å². The summed E-state index contributed by atoms with van der Waals surface area (Å²) >= 11 is 0. The molecule has 20 heavy (non-hydrogen) atoms. The Balaban J connectivity index is 2.42. The zero-order chi connectivity index (χ0) is 15.0. The van der Waals surface area contributed by atoms with E-state index in [0.29, 0.717) is 11.8 Å². The molecule has 0 heterocycles. The molecule has 2 unspecified atom stereocenters. The first kappa shape index (κ1) is 17.2. The van der Waals surface area contributed by atoms with Crippen LogP contribution in [0.3, 0.4) is 0 Å². The van der Waals surface area contributed by atoms with Crippen molar-refractivity contribution in [2.24, 2.45) is 0 Å². The lowest BCUT2D eigenvalue weighted by Gasteiger charge is -2.16. The Labute approximate surface area is 122 Å². The summed E-state index contributed by atoms with van der Waals surface area (Å²) in [4.78, 5) is 0.0981. The first-order valence-corrected chi connectivity index (χ1v) is 8.47. The number of rotatable bonds is 9. The normalized spacial score (nSPS) is 14.2. The van der Waals surface area contributed by atoms with Crippen molar-refractivity contribution in [1.82, 2.24) is 5.32 Å². The number of halogens is 2. The summed E-state index contributed by atoms with van der Waals surface area (Å²) in [5.74, 6) is -0.954. The molecule has 0 aliphatic heterocycles. The summed E-state index contributed by atoms with van der Waals surface area (Å²) in [6.45, 7) is 5.21. The molecule has 0 fully saturated rings. The fourth-order valence-electron chi connectivity index (χ4n) is 2.03. The molecule has 1 aromatic rings. The molecule has 0 radical (unpaired) electrons. The van der Waals surface area contributed by atoms with Gasteiger partial charge in [-0.3, -0.25) is 4.21 Å². The second kappa shape index (κ2) is 9.19. The minimum absolute atomic E-state index is 0.0981. The standard InChI is InChI=1S/C15H23F2NOS/c1-3-9-18-13(4-2)6-5-10-20(19)15-8-7-12(16)11-14(15)17/h7-8,11,13,18H,3-6,9-10H2,1-2H3. The third-order valence-electron chi connectivity index (χ3n) is 3.20. The van der Waals surface area contributed by atoms with Crippen LogP contribution in [-0.4, -0.2) is 22.5 Å². The quantitative estimate of drug-likeness (QED) is 0.755. The van der Waals surface area contributed by atoms with E-state index in [9.17, 15) is 13.0 Å². The van der Waals surface area contributed by atoms with Gasteiger partial charge in [-0.1, -0.05) is 13.8 Å². The van der Waals surface area contributed by atoms with Gasteiger partial charge in [-0.25, -0.2) is 8.78 Å². The van der Waals surface area contributed by atoms with Crippen LogP contribution in [-0.2, 0) is 10.8 Å². The number of nitrogens with one attached hydrogen (secondary N) is 1. The molecule has 2 atom stereocenters. The molecule has 0 bridgehead atoms. The largest absolute Gasteiger partial charge is 0.314 e. The fraction of sp³-hybridized carbons (Fsp3) is 0.600. The SMILES string of the molecule is CCCNC(CC)CCCS(=O)c1ccc(F)cc1F. The molecule has 0 spiro atoms. The van der Waals surface area contributed by atoms with Crippen molar-refractivity contribution < 1.29 is 13.0 Å². The molecule has 1 rings (SSSR count). The van der Waals surface area contributed by atoms with Crippen LogP contribution in [0.2, 0.25) is 0 Å². The van der Waals surface area contributed by atoms with Gasteiger partial charge in [0.2, 0.25) is 0 Å². The van der Waals surface area contributed by atoms with E-state index >= 15 is 0 Å². The van der Waals surface area contributed by atoms with Gasteiger partial charge in [-0.2, -0.15) is 0 Å². The Kier molecular flexibility index (Phi) is 7.92. The highest BCUT2D eigenvalue weighted by Gasteiger charge is 2.12. The average Bonchev–Trinajstić information content (AvgIpc) is 2.42. The smallest absolute Gasteiger partial charge is 0.142 e. The highest BCUT2D eigenvalue weighted by atomic mass is 32.2. The molecule has 0 saturated heterocycles. The molecule has 1 aromatic carbocycles. The lowest BCUT2D eigenvalue weighted by atomic mass is 10.1. The van der Waals surface area contributed by atoms with Crippen molar-refractivity contribution in [2.75, 3.05) is 12.3 Å². The van der Waals surface area contributed by atoms with Crippen molar-refractivity contribution in [3.8, 4) is 0 Å². The van der Waals surface area contributed by atoms with Crippen LogP contribution in [0.15, 0.2) is 23.1 Å². The summed E-state index contributed by atoms with van der Waals surface area (Å²) in [6, 6.07) is 3.62. The van der Waals surface area contributed by atoms with E-state index in [-0.39, 0.29) is 4.90 Å². The van der Waals surface area contributed by atoms with Crippen LogP contribution >= 0.6 is 0 Å². The second-order valence-corrected chi connectivity index (χ2v) is 6.37. The first-order chi connectivity index (χ1) is 9.58. The highest BCUT2D eigenvalue weighted by molar-refractivity contribution is 7.85. The summed E-state index contributed by atoms with van der Waals surface area (Å²) in [7, 11) is -1.40. The maximum absolute atomic E-state index is 13.5. The van der Waals surface area contributed by atoms with E-state index in [0.717, 1.165) is 44.4 Å². The van der Waals surface area contributed by atoms with Crippen LogP contribution in [0.5, 0.6) is 0 Å². The molecule has 0 saturated carbocycles. The maximum Gasteiger partial charge on any atom is 0.142 e. The van der Waals surface area contributed by atoms with Gasteiger partial charge in [0.25, 0.3) is 0 Å². The van der Waals surface area contributed by atoms with Gasteiger partial charge in [0.15, 0.2) is 0 Å². The van der Waals surface area contributed by atoms with E-state index in [1.54, 1.807) is 0 Å². The Morgan fingerprint density at radius 2 is 2.05 bits per heavy atom. The molecule has 2 nitrogen and oxygen atoms in total. The summed E-state index contributed by atoms with van der Waals surface area (Å²) in [5, 5.41) is 3.43. The van der Waals surface area contributed by atoms with Gasteiger partial charge in [-0.15, -0.1) is 0 Å². The van der Waals surface area contributed by atoms with Crippen LogP contribution in [0.25, 0.3) is 0 Å². The van der Waals surface area contributed by atoms with E-state index in [4.69, 9.17) is 0 Å². The van der Waals surface area contributed by atoms with Crippen molar-refractivity contribution in [3.05, 3.63) is 29.8 Å². The van der Waals surface area contributed by atoms with Crippen molar-refractivity contribution in [1.29, 1.82) is 0 Å². The van der Waals surface area contributed by atoms with Gasteiger partial charge in [0, 0.05) is 17.9 Å². The van der Waals surface area contributed by atoms with Gasteiger partial charge < -0.3 is 5.32 Å². The van der Waals surface area contributed by atoms with Crippen LogP contribution in [0, 0.1) is 11.6 Å². The van der Waals surface area contributed by atoms with Crippen LogP contribution in [0.4, 0.5) is 8.78 Å². The van der Waals surface area contributed by atoms with Gasteiger partial charge >= 0.3 is 0 Å². The van der Waals surface area contributed by atoms with Gasteiger partial charge in [0.1, 0.15) is 11.6 Å². The molecule has 0 aromatic heterocycles. The van der Waals surface area contributed by atoms with Gasteiger partial charge in [0.05, 0.1) is 15.7 Å². The lowest BCUT2D eigenvalue weighted by Crippen LogP contribution is -2.29. The second-order valence-electron chi connectivity index (χ2n) is 4.83. The zero-order valence-corrected chi connectivity index (χ0v) is 12.9. The predicted molar refractivity (Wildman–Crippen MR) is 79.2 cm³/mol. The minimum Gasteiger partial charge on any atom is -0.314 e. The number of hydrogen-bond donors (Lipinski definition) is 1. The monoisotopic (exact) mass is 303 g/mol. The average molecular weight is 303 g/mol. The Morgan fingerprint density at radius 1 is 1.30 bits per heavy atom. The van der Waals surface area contributed by atoms with Crippen molar-refractivity contribution in [2.45, 2.75) is 50.5 Å². The van der Waals surface area contributed by atoms with E-state index in [2.05, 4.69) is 19.2 Å². The van der Waals surface area contributed by atoms with Crippen molar-refractivity contribution in [3.63, 3.8) is 0 Å².